The number of allylic oxidation sites excluding steroid dienone is 2. The van der Waals surface area contributed by atoms with Gasteiger partial charge in [-0.25, -0.2) is 9.37 Å². The van der Waals surface area contributed by atoms with Gasteiger partial charge in [0.1, 0.15) is 11.7 Å². The minimum atomic E-state index is -1.07. The van der Waals surface area contributed by atoms with Gasteiger partial charge in [0, 0.05) is 25.6 Å². The number of aromatic nitrogens is 1. The van der Waals surface area contributed by atoms with Crippen molar-refractivity contribution in [3.05, 3.63) is 48.0 Å². The van der Waals surface area contributed by atoms with Crippen LogP contribution >= 0.6 is 0 Å². The number of hydrogen-bond acceptors (Lipinski definition) is 5. The van der Waals surface area contributed by atoms with E-state index in [9.17, 15) is 14.3 Å². The summed E-state index contributed by atoms with van der Waals surface area (Å²) in [6, 6.07) is 5.05. The van der Waals surface area contributed by atoms with Gasteiger partial charge in [-0.1, -0.05) is 12.1 Å². The van der Waals surface area contributed by atoms with Crippen LogP contribution in [0.2, 0.25) is 0 Å². The Labute approximate surface area is 156 Å². The third-order valence-electron chi connectivity index (χ3n) is 5.04. The van der Waals surface area contributed by atoms with Crippen LogP contribution in [0.5, 0.6) is 0 Å². The highest BCUT2D eigenvalue weighted by atomic mass is 19.1. The van der Waals surface area contributed by atoms with Crippen molar-refractivity contribution in [3.8, 4) is 0 Å². The summed E-state index contributed by atoms with van der Waals surface area (Å²) < 4.78 is 19.5. The minimum Gasteiger partial charge on any atom is -0.436 e. The van der Waals surface area contributed by atoms with Crippen LogP contribution in [-0.2, 0) is 11.2 Å². The van der Waals surface area contributed by atoms with Crippen molar-refractivity contribution in [2.75, 3.05) is 26.7 Å². The van der Waals surface area contributed by atoms with Gasteiger partial charge in [-0.2, -0.15) is 0 Å². The van der Waals surface area contributed by atoms with Crippen molar-refractivity contribution in [2.24, 2.45) is 0 Å². The number of aliphatic hydroxyl groups excluding tert-OH is 1. The van der Waals surface area contributed by atoms with E-state index < -0.39 is 12.2 Å². The number of fused-ring (bicyclic) bond motifs is 1. The molecule has 1 N–H and O–H groups in total. The first-order chi connectivity index (χ1) is 13.0. The molecule has 1 saturated heterocycles. The van der Waals surface area contributed by atoms with Crippen molar-refractivity contribution < 1.29 is 18.7 Å². The first-order valence-corrected chi connectivity index (χ1v) is 9.05. The van der Waals surface area contributed by atoms with E-state index in [1.165, 1.54) is 4.90 Å². The normalized spacial score (nSPS) is 22.6. The predicted molar refractivity (Wildman–Crippen MR) is 99.6 cm³/mol. The van der Waals surface area contributed by atoms with Gasteiger partial charge < -0.3 is 19.3 Å². The Morgan fingerprint density at radius 3 is 3.07 bits per heavy atom. The maximum atomic E-state index is 13.6. The molecule has 0 spiro atoms. The van der Waals surface area contributed by atoms with Crippen molar-refractivity contribution in [1.82, 2.24) is 14.8 Å². The molecule has 2 unspecified atom stereocenters. The molecule has 2 atom stereocenters. The van der Waals surface area contributed by atoms with Crippen molar-refractivity contribution in [2.45, 2.75) is 25.1 Å². The molecule has 6 nitrogen and oxygen atoms in total. The molecule has 27 heavy (non-hydrogen) atoms. The molecule has 142 valence electrons. The summed E-state index contributed by atoms with van der Waals surface area (Å²) in [5.41, 5.74) is 3.13. The SMILES string of the molecule is CN1C=CC=C(c2nc3ccc(CC(=O)N4CC(F)CC4CO)cc3o2)C1. The second kappa shape index (κ2) is 7.15. The lowest BCUT2D eigenvalue weighted by molar-refractivity contribution is -0.132. The number of alkyl halides is 1. The molecule has 2 aliphatic rings. The number of carbonyl (C=O) groups excluding carboxylic acids is 1. The van der Waals surface area contributed by atoms with E-state index >= 15 is 0 Å². The van der Waals surface area contributed by atoms with Crippen LogP contribution in [-0.4, -0.2) is 64.8 Å². The third-order valence-corrected chi connectivity index (χ3v) is 5.04. The Morgan fingerprint density at radius 1 is 1.44 bits per heavy atom. The van der Waals surface area contributed by atoms with Crippen LogP contribution in [0, 0.1) is 0 Å². The van der Waals surface area contributed by atoms with Crippen molar-refractivity contribution in [3.63, 3.8) is 0 Å². The number of oxazole rings is 1. The van der Waals surface area contributed by atoms with Gasteiger partial charge in [0.25, 0.3) is 0 Å². The zero-order chi connectivity index (χ0) is 19.0. The lowest BCUT2D eigenvalue weighted by Gasteiger charge is -2.22. The average molecular weight is 371 g/mol. The average Bonchev–Trinajstić information content (AvgIpc) is 3.24. The van der Waals surface area contributed by atoms with Gasteiger partial charge in [-0.3, -0.25) is 4.79 Å². The summed E-state index contributed by atoms with van der Waals surface area (Å²) in [6.07, 6.45) is 5.18. The Hall–Kier alpha value is -2.67. The molecule has 0 radical (unpaired) electrons. The van der Waals surface area contributed by atoms with Crippen LogP contribution < -0.4 is 0 Å². The highest BCUT2D eigenvalue weighted by Crippen LogP contribution is 2.25. The molecule has 1 aromatic carbocycles. The fourth-order valence-corrected chi connectivity index (χ4v) is 3.65. The molecule has 0 saturated carbocycles. The van der Waals surface area contributed by atoms with Crippen LogP contribution in [0.1, 0.15) is 17.9 Å². The number of aliphatic hydroxyl groups is 1. The van der Waals surface area contributed by atoms with Gasteiger partial charge in [0.15, 0.2) is 5.58 Å². The van der Waals surface area contributed by atoms with E-state index in [-0.39, 0.29) is 31.9 Å². The molecule has 3 heterocycles. The molecule has 1 amide bonds. The summed E-state index contributed by atoms with van der Waals surface area (Å²) >= 11 is 0. The first-order valence-electron chi connectivity index (χ1n) is 9.05. The van der Waals surface area contributed by atoms with Gasteiger partial charge in [0.05, 0.1) is 25.6 Å². The molecular formula is C20H22FN3O3. The number of nitrogens with zero attached hydrogens (tertiary/aromatic N) is 3. The molecule has 1 fully saturated rings. The molecule has 0 aliphatic carbocycles. The lowest BCUT2D eigenvalue weighted by Crippen LogP contribution is -2.38. The topological polar surface area (TPSA) is 69.8 Å². The largest absolute Gasteiger partial charge is 0.436 e. The Bertz CT molecular complexity index is 920. The zero-order valence-electron chi connectivity index (χ0n) is 15.1. The highest BCUT2D eigenvalue weighted by Gasteiger charge is 2.34. The minimum absolute atomic E-state index is 0.0496. The fourth-order valence-electron chi connectivity index (χ4n) is 3.65. The summed E-state index contributed by atoms with van der Waals surface area (Å²) in [4.78, 5) is 20.5. The number of rotatable bonds is 4. The first kappa shape index (κ1) is 17.7. The van der Waals surface area contributed by atoms with Gasteiger partial charge in [0.2, 0.25) is 11.8 Å². The van der Waals surface area contributed by atoms with E-state index in [4.69, 9.17) is 4.42 Å². The number of carbonyl (C=O) groups is 1. The van der Waals surface area contributed by atoms with E-state index in [1.54, 1.807) is 0 Å². The zero-order valence-corrected chi connectivity index (χ0v) is 15.1. The number of benzene rings is 1. The summed E-state index contributed by atoms with van der Waals surface area (Å²) in [5.74, 6) is 0.389. The molecule has 1 aromatic heterocycles. The number of hydrogen-bond donors (Lipinski definition) is 1. The smallest absolute Gasteiger partial charge is 0.227 e. The Balaban J connectivity index is 1.53. The van der Waals surface area contributed by atoms with Gasteiger partial charge in [-0.15, -0.1) is 0 Å². The van der Waals surface area contributed by atoms with Crippen LogP contribution in [0.25, 0.3) is 16.7 Å². The Morgan fingerprint density at radius 2 is 2.30 bits per heavy atom. The highest BCUT2D eigenvalue weighted by molar-refractivity contribution is 5.82. The second-order valence-corrected chi connectivity index (χ2v) is 7.16. The molecular weight excluding hydrogens is 349 g/mol. The maximum absolute atomic E-state index is 13.6. The van der Waals surface area contributed by atoms with E-state index in [0.29, 0.717) is 11.5 Å². The predicted octanol–water partition coefficient (Wildman–Crippen LogP) is 2.14. The van der Waals surface area contributed by atoms with E-state index in [1.807, 2.05) is 48.5 Å². The monoisotopic (exact) mass is 371 g/mol. The molecule has 2 aromatic rings. The van der Waals surface area contributed by atoms with Crippen molar-refractivity contribution in [1.29, 1.82) is 0 Å². The summed E-state index contributed by atoms with van der Waals surface area (Å²) in [5, 5.41) is 9.36. The van der Waals surface area contributed by atoms with E-state index in [2.05, 4.69) is 4.98 Å². The third kappa shape index (κ3) is 3.60. The molecule has 0 bridgehead atoms. The quantitative estimate of drug-likeness (QED) is 0.892. The number of likely N-dealkylation sites (N-methyl/N-ethyl adjacent to an activating group) is 1. The second-order valence-electron chi connectivity index (χ2n) is 7.16. The molecule has 4 rings (SSSR count). The van der Waals surface area contributed by atoms with Crippen LogP contribution in [0.3, 0.4) is 0 Å². The van der Waals surface area contributed by atoms with Gasteiger partial charge >= 0.3 is 0 Å². The lowest BCUT2D eigenvalue weighted by atomic mass is 10.1. The summed E-state index contributed by atoms with van der Waals surface area (Å²) in [6.45, 7) is 0.555. The molecule has 2 aliphatic heterocycles. The standard InChI is InChI=1S/C20H22FN3O3/c1-23-6-2-3-14(10-23)20-22-17-5-4-13(7-18(17)27-20)8-19(26)24-11-15(21)9-16(24)12-25/h2-7,15-16,25H,8-12H2,1H3. The van der Waals surface area contributed by atoms with Gasteiger partial charge in [-0.05, 0) is 30.0 Å². The maximum Gasteiger partial charge on any atom is 0.227 e. The number of halogens is 1. The fraction of sp³-hybridized carbons (Fsp3) is 0.400. The number of likely N-dealkylation sites (tertiary alicyclic amines) is 1. The molecule has 7 heteroatoms. The summed E-state index contributed by atoms with van der Waals surface area (Å²) in [7, 11) is 1.98. The number of amides is 1. The van der Waals surface area contributed by atoms with E-state index in [0.717, 1.165) is 23.2 Å². The Kier molecular flexibility index (Phi) is 4.70. The van der Waals surface area contributed by atoms with Crippen LogP contribution in [0.4, 0.5) is 4.39 Å². The van der Waals surface area contributed by atoms with Crippen LogP contribution in [0.15, 0.2) is 41.0 Å². The van der Waals surface area contributed by atoms with Crippen molar-refractivity contribution >= 4 is 22.6 Å².